The molecule has 0 aromatic carbocycles. The summed E-state index contributed by atoms with van der Waals surface area (Å²) in [6.07, 6.45) is 11.6. The summed E-state index contributed by atoms with van der Waals surface area (Å²) in [5.41, 5.74) is 0. The van der Waals surface area contributed by atoms with Crippen molar-refractivity contribution in [2.45, 2.75) is 6.92 Å². The monoisotopic (exact) mass is 174 g/mol. The van der Waals surface area contributed by atoms with Gasteiger partial charge in [0.15, 0.2) is 0 Å². The van der Waals surface area contributed by atoms with Crippen molar-refractivity contribution in [3.63, 3.8) is 0 Å². The Bertz CT molecular complexity index is 157. The maximum absolute atomic E-state index is 5.69. The Kier molecular flexibility index (Phi) is 6.88. The van der Waals surface area contributed by atoms with Gasteiger partial charge in [-0.1, -0.05) is 35.9 Å². The normalized spacial score (nSPS) is 13.7. The average Bonchev–Trinajstić information content (AvgIpc) is 1.98. The van der Waals surface area contributed by atoms with Gasteiger partial charge in [-0.25, -0.2) is 0 Å². The molecule has 0 unspecified atom stereocenters. The topological polar surface area (TPSA) is 0 Å². The predicted molar refractivity (Wildman–Crippen MR) is 51.4 cm³/mol. The highest BCUT2D eigenvalue weighted by Gasteiger charge is 1.79. The molecule has 0 aliphatic rings. The van der Waals surface area contributed by atoms with E-state index in [-0.39, 0.29) is 0 Å². The largest absolute Gasteiger partial charge is 0.117 e. The van der Waals surface area contributed by atoms with Gasteiger partial charge in [-0.05, 0) is 19.3 Å². The summed E-state index contributed by atoms with van der Waals surface area (Å²) >= 11 is 7.23. The van der Waals surface area contributed by atoms with Crippen LogP contribution in [0, 0.1) is 0 Å². The van der Waals surface area contributed by atoms with Crippen LogP contribution in [0.25, 0.3) is 0 Å². The van der Waals surface area contributed by atoms with Crippen molar-refractivity contribution >= 4 is 23.4 Å². The molecule has 0 radical (unpaired) electrons. The molecule has 0 atom stereocenters. The molecule has 0 aromatic heterocycles. The van der Waals surface area contributed by atoms with E-state index >= 15 is 0 Å². The summed E-state index contributed by atoms with van der Waals surface area (Å²) in [5.74, 6) is 0. The quantitative estimate of drug-likeness (QED) is 0.590. The Hall–Kier alpha value is -0.140. The van der Waals surface area contributed by atoms with E-state index in [9.17, 15) is 0 Å². The molecule has 2 heteroatoms. The summed E-state index contributed by atoms with van der Waals surface area (Å²) in [6.45, 7) is 1.98. The van der Waals surface area contributed by atoms with Gasteiger partial charge in [0.25, 0.3) is 0 Å². The molecule has 0 aliphatic heterocycles. The minimum Gasteiger partial charge on any atom is -0.117 e. The van der Waals surface area contributed by atoms with Crippen molar-refractivity contribution in [2.24, 2.45) is 0 Å². The molecule has 0 fully saturated rings. The molecule has 10 heavy (non-hydrogen) atoms. The van der Waals surface area contributed by atoms with Crippen molar-refractivity contribution in [2.75, 3.05) is 6.26 Å². The third-order valence-corrected chi connectivity index (χ3v) is 1.95. The van der Waals surface area contributed by atoms with E-state index in [0.717, 1.165) is 4.36 Å². The van der Waals surface area contributed by atoms with Crippen molar-refractivity contribution in [1.29, 1.82) is 0 Å². The molecular formula is C8H11ClS. The lowest BCUT2D eigenvalue weighted by molar-refractivity contribution is 1.73. The van der Waals surface area contributed by atoms with Gasteiger partial charge in [0, 0.05) is 0 Å². The Morgan fingerprint density at radius 1 is 1.30 bits per heavy atom. The Morgan fingerprint density at radius 2 is 2.00 bits per heavy atom. The van der Waals surface area contributed by atoms with Crippen molar-refractivity contribution in [3.05, 3.63) is 34.7 Å². The molecule has 0 saturated carbocycles. The zero-order valence-electron chi connectivity index (χ0n) is 6.17. The highest BCUT2D eigenvalue weighted by Crippen LogP contribution is 2.15. The van der Waals surface area contributed by atoms with Crippen LogP contribution in [0.2, 0.25) is 0 Å². The fourth-order valence-corrected chi connectivity index (χ4v) is 0.662. The Balaban J connectivity index is 3.70. The molecule has 0 saturated heterocycles. The Labute approximate surface area is 71.7 Å². The molecule has 0 spiro atoms. The maximum Gasteiger partial charge on any atom is 0.0732 e. The van der Waals surface area contributed by atoms with E-state index in [1.807, 2.05) is 43.6 Å². The molecule has 0 aromatic rings. The summed E-state index contributed by atoms with van der Waals surface area (Å²) < 4.78 is 0.806. The number of hydrogen-bond donors (Lipinski definition) is 0. The van der Waals surface area contributed by atoms with Crippen LogP contribution in [0.3, 0.4) is 0 Å². The van der Waals surface area contributed by atoms with Crippen molar-refractivity contribution in [3.8, 4) is 0 Å². The van der Waals surface area contributed by atoms with Gasteiger partial charge in [0.2, 0.25) is 0 Å². The van der Waals surface area contributed by atoms with Crippen molar-refractivity contribution < 1.29 is 0 Å². The number of allylic oxidation sites excluding steroid dienone is 5. The van der Waals surface area contributed by atoms with E-state index in [0.29, 0.717) is 0 Å². The van der Waals surface area contributed by atoms with Crippen LogP contribution in [0.1, 0.15) is 6.92 Å². The van der Waals surface area contributed by atoms with Gasteiger partial charge in [-0.2, -0.15) is 0 Å². The standard InChI is InChI=1S/C8H11ClS/c1-3-4-5-6-7-8(9)10-2/h3-7H,1-2H3/b4-3+,6-5+,8-7-. The lowest BCUT2D eigenvalue weighted by Gasteiger charge is -1.84. The molecule has 56 valence electrons. The van der Waals surface area contributed by atoms with E-state index in [2.05, 4.69) is 0 Å². The number of rotatable bonds is 3. The van der Waals surface area contributed by atoms with Crippen LogP contribution in [-0.2, 0) is 0 Å². The van der Waals surface area contributed by atoms with Gasteiger partial charge in [0.1, 0.15) is 0 Å². The third kappa shape index (κ3) is 5.99. The minimum atomic E-state index is 0.806. The summed E-state index contributed by atoms with van der Waals surface area (Å²) in [4.78, 5) is 0. The number of thioether (sulfide) groups is 1. The zero-order valence-corrected chi connectivity index (χ0v) is 7.75. The van der Waals surface area contributed by atoms with Crippen LogP contribution < -0.4 is 0 Å². The van der Waals surface area contributed by atoms with E-state index in [4.69, 9.17) is 11.6 Å². The molecule has 0 nitrogen and oxygen atoms in total. The van der Waals surface area contributed by atoms with Crippen LogP contribution in [0.4, 0.5) is 0 Å². The fourth-order valence-electron chi connectivity index (χ4n) is 0.375. The van der Waals surface area contributed by atoms with Gasteiger partial charge in [-0.15, -0.1) is 11.8 Å². The molecule has 0 heterocycles. The number of halogens is 1. The lowest BCUT2D eigenvalue weighted by Crippen LogP contribution is -1.56. The molecule has 0 aliphatic carbocycles. The fraction of sp³-hybridized carbons (Fsp3) is 0.250. The van der Waals surface area contributed by atoms with Gasteiger partial charge in [-0.3, -0.25) is 0 Å². The van der Waals surface area contributed by atoms with Gasteiger partial charge < -0.3 is 0 Å². The molecule has 0 rings (SSSR count). The second-order valence-electron chi connectivity index (χ2n) is 1.59. The Morgan fingerprint density at radius 3 is 2.50 bits per heavy atom. The second kappa shape index (κ2) is 6.97. The van der Waals surface area contributed by atoms with Crippen molar-refractivity contribution in [1.82, 2.24) is 0 Å². The smallest absolute Gasteiger partial charge is 0.0732 e. The van der Waals surface area contributed by atoms with E-state index in [1.165, 1.54) is 11.8 Å². The van der Waals surface area contributed by atoms with Gasteiger partial charge in [0.05, 0.1) is 4.36 Å². The van der Waals surface area contributed by atoms with E-state index in [1.54, 1.807) is 0 Å². The highest BCUT2D eigenvalue weighted by atomic mass is 35.5. The van der Waals surface area contributed by atoms with Crippen LogP contribution in [0.15, 0.2) is 34.7 Å². The lowest BCUT2D eigenvalue weighted by atomic mass is 10.4. The first-order valence-electron chi connectivity index (χ1n) is 3.00. The zero-order chi connectivity index (χ0) is 7.82. The summed E-state index contributed by atoms with van der Waals surface area (Å²) in [6, 6.07) is 0. The molecule has 0 amide bonds. The van der Waals surface area contributed by atoms with Crippen LogP contribution in [-0.4, -0.2) is 6.26 Å². The first-order chi connectivity index (χ1) is 4.81. The van der Waals surface area contributed by atoms with Crippen LogP contribution >= 0.6 is 23.4 Å². The SMILES string of the molecule is C/C=C/C=C/C=C(/Cl)SC. The molecular weight excluding hydrogens is 164 g/mol. The summed E-state index contributed by atoms with van der Waals surface area (Å²) in [5, 5.41) is 0. The number of hydrogen-bond acceptors (Lipinski definition) is 1. The molecule has 0 bridgehead atoms. The van der Waals surface area contributed by atoms with E-state index < -0.39 is 0 Å². The second-order valence-corrected chi connectivity index (χ2v) is 3.06. The average molecular weight is 175 g/mol. The predicted octanol–water partition coefficient (Wildman–Crippen LogP) is 3.56. The van der Waals surface area contributed by atoms with Crippen LogP contribution in [0.5, 0.6) is 0 Å². The van der Waals surface area contributed by atoms with Gasteiger partial charge >= 0.3 is 0 Å². The first kappa shape index (κ1) is 9.86. The summed E-state index contributed by atoms with van der Waals surface area (Å²) in [7, 11) is 0. The molecule has 0 N–H and O–H groups in total. The third-order valence-electron chi connectivity index (χ3n) is 0.837. The highest BCUT2D eigenvalue weighted by molar-refractivity contribution is 8.03. The minimum absolute atomic E-state index is 0.806. The first-order valence-corrected chi connectivity index (χ1v) is 4.60. The maximum atomic E-state index is 5.69.